The lowest BCUT2D eigenvalue weighted by atomic mass is 9.91. The Labute approximate surface area is 270 Å². The van der Waals surface area contributed by atoms with E-state index in [0.717, 1.165) is 94.6 Å². The maximum absolute atomic E-state index is 6.76. The van der Waals surface area contributed by atoms with Crippen LogP contribution in [0.15, 0.2) is 162 Å². The third kappa shape index (κ3) is 3.92. The summed E-state index contributed by atoms with van der Waals surface area (Å²) in [6.07, 6.45) is 0. The van der Waals surface area contributed by atoms with Crippen molar-refractivity contribution >= 4 is 60.7 Å². The Morgan fingerprint density at radius 1 is 0.489 bits per heavy atom. The van der Waals surface area contributed by atoms with Gasteiger partial charge in [0.25, 0.3) is 0 Å². The van der Waals surface area contributed by atoms with Gasteiger partial charge in [0.1, 0.15) is 11.2 Å². The van der Waals surface area contributed by atoms with Crippen molar-refractivity contribution in [2.24, 2.45) is 0 Å². The molecule has 0 spiro atoms. The fraction of sp³-hybridized carbons (Fsp3) is 0. The first-order valence-corrected chi connectivity index (χ1v) is 15.8. The molecule has 0 bridgehead atoms. The van der Waals surface area contributed by atoms with Gasteiger partial charge in [-0.05, 0) is 60.2 Å². The first-order valence-electron chi connectivity index (χ1n) is 15.8. The van der Waals surface area contributed by atoms with E-state index in [2.05, 4.69) is 126 Å². The summed E-state index contributed by atoms with van der Waals surface area (Å²) in [5.74, 6) is 1.60. The van der Waals surface area contributed by atoms with E-state index in [1.807, 2.05) is 36.4 Å². The largest absolute Gasteiger partial charge is 0.455 e. The predicted octanol–water partition coefficient (Wildman–Crippen LogP) is 12.2. The van der Waals surface area contributed by atoms with Crippen LogP contribution in [0.3, 0.4) is 0 Å². The van der Waals surface area contributed by atoms with Crippen LogP contribution in [0.25, 0.3) is 66.0 Å². The Morgan fingerprint density at radius 3 is 2.06 bits per heavy atom. The zero-order valence-corrected chi connectivity index (χ0v) is 25.2. The molecule has 0 saturated carbocycles. The van der Waals surface area contributed by atoms with Gasteiger partial charge in [0.05, 0.1) is 22.6 Å². The highest BCUT2D eigenvalue weighted by Gasteiger charge is 2.27. The minimum absolute atomic E-state index is 0.786. The SMILES string of the molecule is c1ccc(-c2nc3ccccc3c3c2cc(-c2ccc4c(c2)Oc2ccccc2N4c2ccccc2)c2oc4ccccc4c23)cc1. The molecule has 3 heterocycles. The lowest BCUT2D eigenvalue weighted by Gasteiger charge is -2.33. The minimum atomic E-state index is 0.786. The van der Waals surface area contributed by atoms with Gasteiger partial charge in [-0.25, -0.2) is 4.98 Å². The monoisotopic (exact) mass is 602 g/mol. The first-order chi connectivity index (χ1) is 23.3. The Bertz CT molecular complexity index is 2660. The number of benzene rings is 7. The second kappa shape index (κ2) is 10.1. The number of hydrogen-bond acceptors (Lipinski definition) is 4. The van der Waals surface area contributed by atoms with Crippen LogP contribution in [0.1, 0.15) is 0 Å². The van der Waals surface area contributed by atoms with E-state index in [4.69, 9.17) is 14.1 Å². The van der Waals surface area contributed by atoms with E-state index >= 15 is 0 Å². The third-order valence-corrected chi connectivity index (χ3v) is 9.21. The van der Waals surface area contributed by atoms with E-state index < -0.39 is 0 Å². The first kappa shape index (κ1) is 25.9. The molecule has 0 N–H and O–H groups in total. The van der Waals surface area contributed by atoms with Crippen LogP contribution in [0.2, 0.25) is 0 Å². The van der Waals surface area contributed by atoms with Crippen LogP contribution in [0, 0.1) is 0 Å². The van der Waals surface area contributed by atoms with Crippen molar-refractivity contribution in [2.45, 2.75) is 0 Å². The fourth-order valence-electron chi connectivity index (χ4n) is 7.14. The summed E-state index contributed by atoms with van der Waals surface area (Å²) >= 11 is 0. The Hall–Kier alpha value is -6.39. The number of ether oxygens (including phenoxy) is 1. The molecule has 220 valence electrons. The summed E-state index contributed by atoms with van der Waals surface area (Å²) in [7, 11) is 0. The molecule has 1 aliphatic heterocycles. The van der Waals surface area contributed by atoms with Gasteiger partial charge < -0.3 is 14.1 Å². The second-order valence-corrected chi connectivity index (χ2v) is 11.9. The van der Waals surface area contributed by atoms with Crippen molar-refractivity contribution in [1.82, 2.24) is 4.98 Å². The standard InChI is InChI=1S/C43H26N2O2/c1-3-13-27(14-4-1)42-33-26-32(43-41(31-18-8-11-21-37(31)47-43)40(33)30-17-7-9-19-34(30)44-42)28-23-24-36-39(25-28)46-38-22-12-10-20-35(38)45(36)29-15-5-2-6-16-29/h1-26H. The topological polar surface area (TPSA) is 38.5 Å². The van der Waals surface area contributed by atoms with Gasteiger partial charge in [-0.3, -0.25) is 0 Å². The maximum Gasteiger partial charge on any atom is 0.152 e. The number of rotatable bonds is 3. The third-order valence-electron chi connectivity index (χ3n) is 9.21. The average molecular weight is 603 g/mol. The molecule has 0 amide bonds. The quantitative estimate of drug-likeness (QED) is 0.189. The zero-order valence-electron chi connectivity index (χ0n) is 25.2. The molecular formula is C43H26N2O2. The Balaban J connectivity index is 1.29. The van der Waals surface area contributed by atoms with Crippen molar-refractivity contribution in [3.05, 3.63) is 158 Å². The average Bonchev–Trinajstić information content (AvgIpc) is 3.53. The van der Waals surface area contributed by atoms with Gasteiger partial charge >= 0.3 is 0 Å². The van der Waals surface area contributed by atoms with Gasteiger partial charge in [-0.1, -0.05) is 103 Å². The molecular weight excluding hydrogens is 576 g/mol. The number of hydrogen-bond donors (Lipinski definition) is 0. The smallest absolute Gasteiger partial charge is 0.152 e. The Morgan fingerprint density at radius 2 is 1.19 bits per heavy atom. The van der Waals surface area contributed by atoms with Crippen LogP contribution in [-0.2, 0) is 0 Å². The van der Waals surface area contributed by atoms with Crippen molar-refractivity contribution in [3.63, 3.8) is 0 Å². The lowest BCUT2D eigenvalue weighted by Crippen LogP contribution is -2.15. The summed E-state index contributed by atoms with van der Waals surface area (Å²) in [5.41, 5.74) is 9.77. The molecule has 4 nitrogen and oxygen atoms in total. The van der Waals surface area contributed by atoms with E-state index in [1.165, 1.54) is 0 Å². The number of pyridine rings is 1. The number of aromatic nitrogens is 1. The van der Waals surface area contributed by atoms with E-state index in [-0.39, 0.29) is 0 Å². The Kier molecular flexibility index (Phi) is 5.54. The van der Waals surface area contributed by atoms with Gasteiger partial charge in [0.15, 0.2) is 11.5 Å². The molecule has 7 aromatic carbocycles. The van der Waals surface area contributed by atoms with E-state index in [0.29, 0.717) is 0 Å². The number of fused-ring (bicyclic) bond motifs is 9. The number of furan rings is 1. The second-order valence-electron chi connectivity index (χ2n) is 11.9. The van der Waals surface area contributed by atoms with Gasteiger partial charge in [-0.15, -0.1) is 0 Å². The van der Waals surface area contributed by atoms with Gasteiger partial charge in [0.2, 0.25) is 0 Å². The van der Waals surface area contributed by atoms with Gasteiger partial charge in [-0.2, -0.15) is 0 Å². The molecule has 1 aliphatic rings. The number of nitrogens with zero attached hydrogens (tertiary/aromatic N) is 2. The van der Waals surface area contributed by atoms with Crippen LogP contribution < -0.4 is 9.64 Å². The summed E-state index contributed by atoms with van der Waals surface area (Å²) in [4.78, 5) is 7.52. The molecule has 0 saturated heterocycles. The fourth-order valence-corrected chi connectivity index (χ4v) is 7.14. The van der Waals surface area contributed by atoms with Crippen LogP contribution in [0.5, 0.6) is 11.5 Å². The van der Waals surface area contributed by atoms with Crippen molar-refractivity contribution in [2.75, 3.05) is 4.90 Å². The molecule has 0 fully saturated rings. The molecule has 10 rings (SSSR count). The molecule has 0 atom stereocenters. The minimum Gasteiger partial charge on any atom is -0.455 e. The summed E-state index contributed by atoms with van der Waals surface area (Å²) in [6.45, 7) is 0. The highest BCUT2D eigenvalue weighted by molar-refractivity contribution is 6.30. The van der Waals surface area contributed by atoms with E-state index in [1.54, 1.807) is 0 Å². The molecule has 0 radical (unpaired) electrons. The molecule has 4 heteroatoms. The predicted molar refractivity (Wildman–Crippen MR) is 192 cm³/mol. The molecule has 0 unspecified atom stereocenters. The normalized spacial score (nSPS) is 12.4. The molecule has 9 aromatic rings. The summed E-state index contributed by atoms with van der Waals surface area (Å²) < 4.78 is 13.4. The van der Waals surface area contributed by atoms with E-state index in [9.17, 15) is 0 Å². The van der Waals surface area contributed by atoms with Crippen molar-refractivity contribution in [3.8, 4) is 33.9 Å². The van der Waals surface area contributed by atoms with Crippen LogP contribution in [0.4, 0.5) is 17.1 Å². The van der Waals surface area contributed by atoms with Crippen LogP contribution in [-0.4, -0.2) is 4.98 Å². The highest BCUT2D eigenvalue weighted by Crippen LogP contribution is 2.52. The number of para-hydroxylation sites is 5. The summed E-state index contributed by atoms with van der Waals surface area (Å²) in [5, 5.41) is 5.52. The van der Waals surface area contributed by atoms with Gasteiger partial charge in [0, 0.05) is 43.7 Å². The lowest BCUT2D eigenvalue weighted by molar-refractivity contribution is 0.477. The zero-order chi connectivity index (χ0) is 30.9. The molecule has 2 aromatic heterocycles. The van der Waals surface area contributed by atoms with Crippen molar-refractivity contribution < 1.29 is 9.15 Å². The van der Waals surface area contributed by atoms with Crippen LogP contribution >= 0.6 is 0 Å². The summed E-state index contributed by atoms with van der Waals surface area (Å²) in [6, 6.07) is 54.6. The highest BCUT2D eigenvalue weighted by atomic mass is 16.5. The van der Waals surface area contributed by atoms with Crippen molar-refractivity contribution in [1.29, 1.82) is 0 Å². The maximum atomic E-state index is 6.76. The molecule has 0 aliphatic carbocycles. The number of anilines is 3. The molecule has 47 heavy (non-hydrogen) atoms.